The molecule has 37 heavy (non-hydrogen) atoms. The van der Waals surface area contributed by atoms with Crippen LogP contribution < -0.4 is 11.1 Å². The van der Waals surface area contributed by atoms with Crippen LogP contribution in [0.1, 0.15) is 11.3 Å². The number of nitrogens with one attached hydrogen (secondary N) is 1. The molecule has 0 spiro atoms. The lowest BCUT2D eigenvalue weighted by molar-refractivity contribution is 1.14. The number of nitrogens with zero attached hydrogens (tertiary/aromatic N) is 7. The summed E-state index contributed by atoms with van der Waals surface area (Å²) in [5.41, 5.74) is 8.53. The Morgan fingerprint density at radius 1 is 0.865 bits per heavy atom. The summed E-state index contributed by atoms with van der Waals surface area (Å²) in [4.78, 5) is 13.9. The summed E-state index contributed by atoms with van der Waals surface area (Å²) in [5.74, 6) is 0.352. The largest absolute Gasteiger partial charge is 0.397 e. The highest BCUT2D eigenvalue weighted by Crippen LogP contribution is 2.43. The highest BCUT2D eigenvalue weighted by Gasteiger charge is 2.20. The molecule has 0 radical (unpaired) electrons. The Labute approximate surface area is 212 Å². The molecule has 172 valence electrons. The van der Waals surface area contributed by atoms with Crippen molar-refractivity contribution in [2.45, 2.75) is 0 Å². The molecule has 0 aliphatic rings. The number of anilines is 3. The van der Waals surface area contributed by atoms with E-state index in [1.165, 1.54) is 11.3 Å². The lowest BCUT2D eigenvalue weighted by Gasteiger charge is -2.15. The fourth-order valence-corrected chi connectivity index (χ4v) is 5.83. The van der Waals surface area contributed by atoms with Crippen LogP contribution in [0.4, 0.5) is 17.2 Å². The van der Waals surface area contributed by atoms with Crippen molar-refractivity contribution in [2.75, 3.05) is 11.1 Å². The number of nitrogen functional groups attached to an aromatic ring is 1. The van der Waals surface area contributed by atoms with E-state index in [-0.39, 0.29) is 16.9 Å². The van der Waals surface area contributed by atoms with E-state index in [1.807, 2.05) is 42.5 Å². The zero-order valence-electron chi connectivity index (χ0n) is 18.9. The van der Waals surface area contributed by atoms with E-state index < -0.39 is 0 Å². The lowest BCUT2D eigenvalue weighted by atomic mass is 9.95. The van der Waals surface area contributed by atoms with E-state index in [9.17, 15) is 10.5 Å². The van der Waals surface area contributed by atoms with Gasteiger partial charge in [-0.2, -0.15) is 10.5 Å². The molecule has 0 aliphatic heterocycles. The summed E-state index contributed by atoms with van der Waals surface area (Å²) in [5, 5.41) is 37.2. The molecule has 0 aliphatic carbocycles. The SMILES string of the molecule is N#Cc1nc(Nc2cccc3c4ccccc4c4c(nnc5sc6cncnc6c54)c23)cc(N)c1C#N. The number of thiophene rings is 1. The predicted octanol–water partition coefficient (Wildman–Crippen LogP) is 5.56. The van der Waals surface area contributed by atoms with Crippen LogP contribution in [-0.4, -0.2) is 25.1 Å². The van der Waals surface area contributed by atoms with Crippen LogP contribution >= 0.6 is 11.3 Å². The lowest BCUT2D eigenvalue weighted by Crippen LogP contribution is -2.02. The second-order valence-corrected chi connectivity index (χ2v) is 9.41. The van der Waals surface area contributed by atoms with Crippen molar-refractivity contribution >= 4 is 81.4 Å². The maximum Gasteiger partial charge on any atom is 0.162 e. The Kier molecular flexibility index (Phi) is 4.39. The first-order valence-electron chi connectivity index (χ1n) is 11.2. The molecule has 0 saturated heterocycles. The topological polar surface area (TPSA) is 150 Å². The van der Waals surface area contributed by atoms with Gasteiger partial charge in [0.2, 0.25) is 0 Å². The van der Waals surface area contributed by atoms with Crippen LogP contribution in [-0.2, 0) is 0 Å². The highest BCUT2D eigenvalue weighted by molar-refractivity contribution is 7.25. The maximum absolute atomic E-state index is 9.49. The van der Waals surface area contributed by atoms with Gasteiger partial charge in [-0.1, -0.05) is 36.4 Å². The van der Waals surface area contributed by atoms with E-state index in [0.29, 0.717) is 11.3 Å². The Morgan fingerprint density at radius 2 is 1.68 bits per heavy atom. The number of hydrogen-bond acceptors (Lipinski definition) is 10. The monoisotopic (exact) mass is 495 g/mol. The summed E-state index contributed by atoms with van der Waals surface area (Å²) in [6, 6.07) is 19.5. The molecule has 0 atom stereocenters. The standard InChI is InChI=1S/C27H13N9S/c28-9-16-17(30)8-21(34-19(16)10-29)33-18-7-3-6-14-13-4-1-2-5-15(13)23-24-25-20(11-31-12-32-25)37-27(24)36-35-26(23)22(14)18/h1-8,11-12H,(H3,30,33,34). The highest BCUT2D eigenvalue weighted by atomic mass is 32.1. The predicted molar refractivity (Wildman–Crippen MR) is 144 cm³/mol. The third kappa shape index (κ3) is 2.97. The second-order valence-electron chi connectivity index (χ2n) is 8.38. The third-order valence-corrected chi connectivity index (χ3v) is 7.38. The van der Waals surface area contributed by atoms with Crippen molar-refractivity contribution < 1.29 is 0 Å². The quantitative estimate of drug-likeness (QED) is 0.294. The molecular formula is C27H13N9S. The van der Waals surface area contributed by atoms with Gasteiger partial charge in [0, 0.05) is 34.1 Å². The molecule has 3 N–H and O–H groups in total. The molecule has 3 aromatic carbocycles. The zero-order chi connectivity index (χ0) is 25.1. The van der Waals surface area contributed by atoms with Crippen molar-refractivity contribution in [2.24, 2.45) is 0 Å². The van der Waals surface area contributed by atoms with Gasteiger partial charge in [0.25, 0.3) is 0 Å². The minimum atomic E-state index is -0.0357. The number of aromatic nitrogens is 5. The molecule has 0 unspecified atom stereocenters. The fourth-order valence-electron chi connectivity index (χ4n) is 4.87. The Hall–Kier alpha value is -5.45. The number of rotatable bonds is 2. The second kappa shape index (κ2) is 7.78. The van der Waals surface area contributed by atoms with E-state index in [4.69, 9.17) is 10.8 Å². The molecule has 4 heterocycles. The van der Waals surface area contributed by atoms with Gasteiger partial charge in [-0.05, 0) is 22.2 Å². The van der Waals surface area contributed by atoms with Crippen LogP contribution in [0.5, 0.6) is 0 Å². The normalized spacial score (nSPS) is 11.3. The Morgan fingerprint density at radius 3 is 2.51 bits per heavy atom. The van der Waals surface area contributed by atoms with Crippen molar-refractivity contribution in [3.8, 4) is 12.1 Å². The van der Waals surface area contributed by atoms with E-state index in [2.05, 4.69) is 37.5 Å². The maximum atomic E-state index is 9.49. The van der Waals surface area contributed by atoms with Gasteiger partial charge in [0.15, 0.2) is 5.69 Å². The van der Waals surface area contributed by atoms with Crippen molar-refractivity contribution in [1.29, 1.82) is 10.5 Å². The Bertz CT molecular complexity index is 2170. The molecule has 4 aromatic heterocycles. The smallest absolute Gasteiger partial charge is 0.162 e. The van der Waals surface area contributed by atoms with Gasteiger partial charge < -0.3 is 11.1 Å². The molecule has 0 bridgehead atoms. The molecule has 0 fully saturated rings. The molecule has 7 rings (SSSR count). The van der Waals surface area contributed by atoms with Crippen molar-refractivity contribution in [1.82, 2.24) is 25.1 Å². The fraction of sp³-hybridized carbons (Fsp3) is 0. The van der Waals surface area contributed by atoms with E-state index in [0.717, 1.165) is 53.1 Å². The summed E-state index contributed by atoms with van der Waals surface area (Å²) < 4.78 is 0.941. The summed E-state index contributed by atoms with van der Waals surface area (Å²) in [6.07, 6.45) is 3.34. The van der Waals surface area contributed by atoms with Gasteiger partial charge >= 0.3 is 0 Å². The summed E-state index contributed by atoms with van der Waals surface area (Å²) in [6.45, 7) is 0. The summed E-state index contributed by atoms with van der Waals surface area (Å²) >= 11 is 1.51. The van der Waals surface area contributed by atoms with Gasteiger partial charge in [-0.3, -0.25) is 0 Å². The number of pyridine rings is 1. The van der Waals surface area contributed by atoms with Gasteiger partial charge in [0.05, 0.1) is 15.9 Å². The molecule has 0 amide bonds. The first-order chi connectivity index (χ1) is 18.2. The van der Waals surface area contributed by atoms with Crippen LogP contribution in [0, 0.1) is 22.7 Å². The van der Waals surface area contributed by atoms with Crippen molar-refractivity contribution in [3.63, 3.8) is 0 Å². The van der Waals surface area contributed by atoms with Crippen LogP contribution in [0.3, 0.4) is 0 Å². The first kappa shape index (κ1) is 20.9. The average molecular weight is 496 g/mol. The third-order valence-electron chi connectivity index (χ3n) is 6.38. The van der Waals surface area contributed by atoms with E-state index in [1.54, 1.807) is 18.6 Å². The molecular weight excluding hydrogens is 482 g/mol. The average Bonchev–Trinajstić information content (AvgIpc) is 3.31. The van der Waals surface area contributed by atoms with Crippen LogP contribution in [0.2, 0.25) is 0 Å². The number of hydrogen-bond donors (Lipinski definition) is 2. The number of fused-ring (bicyclic) bond motifs is 10. The van der Waals surface area contributed by atoms with Gasteiger partial charge in [-0.15, -0.1) is 21.5 Å². The minimum absolute atomic E-state index is 0.0357. The molecule has 0 saturated carbocycles. The molecule has 10 heteroatoms. The molecule has 9 nitrogen and oxygen atoms in total. The van der Waals surface area contributed by atoms with E-state index >= 15 is 0 Å². The van der Waals surface area contributed by atoms with Gasteiger partial charge in [0.1, 0.15) is 40.2 Å². The zero-order valence-corrected chi connectivity index (χ0v) is 19.7. The number of nitriles is 2. The van der Waals surface area contributed by atoms with Gasteiger partial charge in [-0.25, -0.2) is 15.0 Å². The Balaban J connectivity index is 1.61. The van der Waals surface area contributed by atoms with Crippen LogP contribution in [0.15, 0.2) is 61.1 Å². The number of nitrogens with two attached hydrogens (primary N) is 1. The number of benzene rings is 3. The summed E-state index contributed by atoms with van der Waals surface area (Å²) in [7, 11) is 0. The first-order valence-corrected chi connectivity index (χ1v) is 12.0. The molecule has 7 aromatic rings. The van der Waals surface area contributed by atoms with Crippen LogP contribution in [0.25, 0.3) is 52.9 Å². The van der Waals surface area contributed by atoms with Crippen molar-refractivity contribution in [3.05, 3.63) is 72.3 Å². The minimum Gasteiger partial charge on any atom is -0.397 e.